The number of benzene rings is 3. The monoisotopic (exact) mass is 459 g/mol. The zero-order valence-electron chi connectivity index (χ0n) is 18.5. The van der Waals surface area contributed by atoms with Gasteiger partial charge in [0.15, 0.2) is 0 Å². The van der Waals surface area contributed by atoms with Gasteiger partial charge >= 0.3 is 18.0 Å². The summed E-state index contributed by atoms with van der Waals surface area (Å²) in [7, 11) is 0. The van der Waals surface area contributed by atoms with Gasteiger partial charge in [-0.2, -0.15) is 0 Å². The van der Waals surface area contributed by atoms with Crippen LogP contribution < -0.4 is 5.32 Å². The molecule has 4 rings (SSSR count). The Morgan fingerprint density at radius 2 is 1.59 bits per heavy atom. The van der Waals surface area contributed by atoms with Crippen LogP contribution in [0.25, 0.3) is 11.1 Å². The van der Waals surface area contributed by atoms with Gasteiger partial charge in [0.1, 0.15) is 12.1 Å². The van der Waals surface area contributed by atoms with E-state index in [-0.39, 0.29) is 19.4 Å². The van der Waals surface area contributed by atoms with Crippen LogP contribution in [0, 0.1) is 0 Å². The summed E-state index contributed by atoms with van der Waals surface area (Å²) in [6, 6.07) is 22.7. The fourth-order valence-electron chi connectivity index (χ4n) is 4.43. The van der Waals surface area contributed by atoms with Crippen molar-refractivity contribution in [3.05, 3.63) is 95.1 Å². The molecule has 34 heavy (non-hydrogen) atoms. The average molecular weight is 459 g/mol. The zero-order chi connectivity index (χ0) is 24.1. The lowest BCUT2D eigenvalue weighted by molar-refractivity contribution is -0.146. The highest BCUT2D eigenvalue weighted by atomic mass is 16.5. The van der Waals surface area contributed by atoms with E-state index in [9.17, 15) is 19.5 Å². The van der Waals surface area contributed by atoms with Crippen LogP contribution in [-0.4, -0.2) is 33.8 Å². The number of carbonyl (C=O) groups is 3. The van der Waals surface area contributed by atoms with Crippen molar-refractivity contribution in [1.29, 1.82) is 0 Å². The molecule has 0 aliphatic heterocycles. The van der Waals surface area contributed by atoms with Crippen molar-refractivity contribution < 1.29 is 29.3 Å². The van der Waals surface area contributed by atoms with Crippen LogP contribution in [0.3, 0.4) is 0 Å². The maximum atomic E-state index is 12.7. The molecule has 7 nitrogen and oxygen atoms in total. The highest BCUT2D eigenvalue weighted by Crippen LogP contribution is 2.38. The summed E-state index contributed by atoms with van der Waals surface area (Å²) in [6.45, 7) is -0.0248. The molecule has 1 atom stereocenters. The molecule has 1 aliphatic rings. The number of nitrogens with one attached hydrogen (secondary N) is 1. The summed E-state index contributed by atoms with van der Waals surface area (Å²) in [4.78, 5) is 36.2. The summed E-state index contributed by atoms with van der Waals surface area (Å²) in [6.07, 6.45) is -0.932. The third kappa shape index (κ3) is 4.93. The number of hydrogen-bond acceptors (Lipinski definition) is 4. The first-order valence-corrected chi connectivity index (χ1v) is 11.0. The molecule has 3 aromatic rings. The fourth-order valence-corrected chi connectivity index (χ4v) is 4.43. The van der Waals surface area contributed by atoms with Crippen molar-refractivity contribution in [2.24, 2.45) is 0 Å². The van der Waals surface area contributed by atoms with Crippen molar-refractivity contribution >= 4 is 18.0 Å². The molecule has 174 valence electrons. The minimum Gasteiger partial charge on any atom is -0.481 e. The Morgan fingerprint density at radius 1 is 0.882 bits per heavy atom. The third-order valence-corrected chi connectivity index (χ3v) is 6.17. The zero-order valence-corrected chi connectivity index (χ0v) is 18.5. The second kappa shape index (κ2) is 9.79. The fraction of sp³-hybridized carbons (Fsp3) is 0.222. The van der Waals surface area contributed by atoms with Crippen LogP contribution in [0.2, 0.25) is 0 Å². The number of amides is 1. The van der Waals surface area contributed by atoms with Gasteiger partial charge in [0.25, 0.3) is 0 Å². The van der Waals surface area contributed by atoms with Gasteiger partial charge in [-0.1, -0.05) is 72.8 Å². The molecule has 0 spiro atoms. The second-order valence-corrected chi connectivity index (χ2v) is 8.42. The van der Waals surface area contributed by atoms with Gasteiger partial charge in [-0.25, -0.2) is 9.59 Å². The Morgan fingerprint density at radius 3 is 2.32 bits per heavy atom. The Hall–Kier alpha value is -4.13. The SMILES string of the molecule is O=C(O)CC[C@](Cc1ccccc1)(NC(=O)OCc1cccc2c1Cc1ccccc1-2)C(=O)O. The number of carboxylic acids is 2. The molecule has 7 heteroatoms. The van der Waals surface area contributed by atoms with Crippen molar-refractivity contribution in [2.75, 3.05) is 0 Å². The van der Waals surface area contributed by atoms with Crippen LogP contribution in [0.1, 0.15) is 35.1 Å². The van der Waals surface area contributed by atoms with Crippen LogP contribution in [0.15, 0.2) is 72.8 Å². The molecule has 0 saturated carbocycles. The summed E-state index contributed by atoms with van der Waals surface area (Å²) >= 11 is 0. The standard InChI is InChI=1S/C27H25NO6/c29-24(30)13-14-27(25(31)32,16-18-7-2-1-3-8-18)28-26(33)34-17-20-10-6-12-22-21-11-5-4-9-19(21)15-23(20)22/h1-12H,13-17H2,(H,28,33)(H,29,30)(H,31,32)/t27-/m1/s1. The number of fused-ring (bicyclic) bond motifs is 3. The Kier molecular flexibility index (Phi) is 6.63. The van der Waals surface area contributed by atoms with Crippen molar-refractivity contribution in [2.45, 2.75) is 37.8 Å². The maximum Gasteiger partial charge on any atom is 0.408 e. The van der Waals surface area contributed by atoms with E-state index in [1.807, 2.05) is 30.3 Å². The first kappa shape index (κ1) is 23.0. The Labute approximate surface area is 197 Å². The van der Waals surface area contributed by atoms with Gasteiger partial charge in [-0.05, 0) is 46.2 Å². The molecule has 3 aromatic carbocycles. The van der Waals surface area contributed by atoms with Crippen LogP contribution in [0.5, 0.6) is 0 Å². The number of hydrogen-bond donors (Lipinski definition) is 3. The van der Waals surface area contributed by atoms with E-state index in [4.69, 9.17) is 9.84 Å². The topological polar surface area (TPSA) is 113 Å². The molecule has 0 aromatic heterocycles. The van der Waals surface area contributed by atoms with E-state index < -0.39 is 30.0 Å². The summed E-state index contributed by atoms with van der Waals surface area (Å²) in [5.74, 6) is -2.46. The summed E-state index contributed by atoms with van der Waals surface area (Å²) in [5, 5.41) is 21.6. The molecule has 0 bridgehead atoms. The van der Waals surface area contributed by atoms with E-state index >= 15 is 0 Å². The summed E-state index contributed by atoms with van der Waals surface area (Å²) in [5.41, 5.74) is 4.23. The number of alkyl carbamates (subject to hydrolysis) is 1. The molecule has 0 saturated heterocycles. The molecule has 0 fully saturated rings. The lowest BCUT2D eigenvalue weighted by Crippen LogP contribution is -2.56. The Bertz CT molecular complexity index is 1220. The maximum absolute atomic E-state index is 12.7. The van der Waals surface area contributed by atoms with Gasteiger partial charge in [0.2, 0.25) is 0 Å². The molecular formula is C27H25NO6. The first-order valence-electron chi connectivity index (χ1n) is 11.0. The first-order chi connectivity index (χ1) is 16.4. The molecule has 3 N–H and O–H groups in total. The molecular weight excluding hydrogens is 434 g/mol. The van der Waals surface area contributed by atoms with Crippen LogP contribution in [-0.2, 0) is 33.8 Å². The van der Waals surface area contributed by atoms with E-state index in [0.717, 1.165) is 28.7 Å². The van der Waals surface area contributed by atoms with Crippen molar-refractivity contribution in [3.8, 4) is 11.1 Å². The highest BCUT2D eigenvalue weighted by Gasteiger charge is 2.41. The summed E-state index contributed by atoms with van der Waals surface area (Å²) < 4.78 is 5.44. The quantitative estimate of drug-likeness (QED) is 0.342. The van der Waals surface area contributed by atoms with E-state index in [0.29, 0.717) is 5.56 Å². The van der Waals surface area contributed by atoms with E-state index in [2.05, 4.69) is 17.4 Å². The molecule has 1 aliphatic carbocycles. The molecule has 1 amide bonds. The van der Waals surface area contributed by atoms with Gasteiger partial charge in [-0.15, -0.1) is 0 Å². The number of rotatable bonds is 9. The minimum absolute atomic E-state index is 0.0248. The number of ether oxygens (including phenoxy) is 1. The van der Waals surface area contributed by atoms with Crippen LogP contribution >= 0.6 is 0 Å². The number of aliphatic carboxylic acids is 2. The normalized spacial score (nSPS) is 13.3. The lowest BCUT2D eigenvalue weighted by Gasteiger charge is -2.30. The predicted octanol–water partition coefficient (Wildman–Crippen LogP) is 4.41. The number of carboxylic acid groups (broad SMARTS) is 2. The van der Waals surface area contributed by atoms with Gasteiger partial charge < -0.3 is 20.3 Å². The van der Waals surface area contributed by atoms with Gasteiger partial charge in [-0.3, -0.25) is 4.79 Å². The Balaban J connectivity index is 1.50. The van der Waals surface area contributed by atoms with E-state index in [1.54, 1.807) is 30.3 Å². The lowest BCUT2D eigenvalue weighted by atomic mass is 9.86. The van der Waals surface area contributed by atoms with Gasteiger partial charge in [0, 0.05) is 12.8 Å². The van der Waals surface area contributed by atoms with Crippen molar-refractivity contribution in [1.82, 2.24) is 5.32 Å². The molecule has 0 radical (unpaired) electrons. The smallest absolute Gasteiger partial charge is 0.408 e. The molecule has 0 unspecified atom stereocenters. The number of carbonyl (C=O) groups excluding carboxylic acids is 1. The highest BCUT2D eigenvalue weighted by molar-refractivity contribution is 5.85. The predicted molar refractivity (Wildman–Crippen MR) is 125 cm³/mol. The average Bonchev–Trinajstić information content (AvgIpc) is 3.21. The largest absolute Gasteiger partial charge is 0.481 e. The minimum atomic E-state index is -1.81. The van der Waals surface area contributed by atoms with E-state index in [1.165, 1.54) is 5.56 Å². The molecule has 0 heterocycles. The van der Waals surface area contributed by atoms with Crippen molar-refractivity contribution in [3.63, 3.8) is 0 Å². The van der Waals surface area contributed by atoms with Gasteiger partial charge in [0.05, 0.1) is 0 Å². The third-order valence-electron chi connectivity index (χ3n) is 6.17. The van der Waals surface area contributed by atoms with Crippen LogP contribution in [0.4, 0.5) is 4.79 Å². The second-order valence-electron chi connectivity index (χ2n) is 8.42.